The zero-order valence-electron chi connectivity index (χ0n) is 10.8. The van der Waals surface area contributed by atoms with Crippen molar-refractivity contribution in [2.75, 3.05) is 12.0 Å². The SMILES string of the molecule is CC(CCCCSc1ccccc1)OS(C)(=O)=O. The third kappa shape index (κ3) is 7.74. The largest absolute Gasteiger partial charge is 0.267 e. The minimum atomic E-state index is -3.31. The van der Waals surface area contributed by atoms with E-state index in [0.29, 0.717) is 0 Å². The van der Waals surface area contributed by atoms with Gasteiger partial charge < -0.3 is 0 Å². The van der Waals surface area contributed by atoms with E-state index in [0.717, 1.165) is 31.3 Å². The van der Waals surface area contributed by atoms with Crippen LogP contribution in [0.25, 0.3) is 0 Å². The summed E-state index contributed by atoms with van der Waals surface area (Å²) in [6.07, 6.45) is 3.70. The van der Waals surface area contributed by atoms with Crippen LogP contribution in [0.1, 0.15) is 26.2 Å². The Morgan fingerprint density at radius 1 is 1.22 bits per heavy atom. The smallest absolute Gasteiger partial charge is 0.264 e. The second kappa shape index (κ2) is 7.81. The van der Waals surface area contributed by atoms with Gasteiger partial charge in [-0.25, -0.2) is 0 Å². The molecule has 0 aliphatic heterocycles. The molecule has 0 aliphatic rings. The summed E-state index contributed by atoms with van der Waals surface area (Å²) in [5.41, 5.74) is 0. The Balaban J connectivity index is 2.09. The minimum absolute atomic E-state index is 0.221. The third-order valence-corrected chi connectivity index (χ3v) is 4.13. The zero-order valence-corrected chi connectivity index (χ0v) is 12.5. The lowest BCUT2D eigenvalue weighted by atomic mass is 10.2. The van der Waals surface area contributed by atoms with Gasteiger partial charge in [0, 0.05) is 4.90 Å². The highest BCUT2D eigenvalue weighted by atomic mass is 32.2. The summed E-state index contributed by atoms with van der Waals surface area (Å²) in [6.45, 7) is 1.80. The summed E-state index contributed by atoms with van der Waals surface area (Å²) in [5.74, 6) is 1.05. The first-order chi connectivity index (χ1) is 8.47. The molecular weight excluding hydrogens is 268 g/mol. The summed E-state index contributed by atoms with van der Waals surface area (Å²) >= 11 is 1.83. The third-order valence-electron chi connectivity index (χ3n) is 2.36. The van der Waals surface area contributed by atoms with E-state index in [9.17, 15) is 8.42 Å². The molecule has 0 spiro atoms. The molecule has 0 amide bonds. The highest BCUT2D eigenvalue weighted by Crippen LogP contribution is 2.19. The van der Waals surface area contributed by atoms with Gasteiger partial charge in [-0.15, -0.1) is 11.8 Å². The van der Waals surface area contributed by atoms with Gasteiger partial charge in [0.1, 0.15) is 0 Å². The van der Waals surface area contributed by atoms with Crippen molar-refractivity contribution in [3.8, 4) is 0 Å². The van der Waals surface area contributed by atoms with E-state index in [2.05, 4.69) is 12.1 Å². The highest BCUT2D eigenvalue weighted by molar-refractivity contribution is 7.99. The number of hydrogen-bond acceptors (Lipinski definition) is 4. The molecule has 0 aliphatic carbocycles. The average molecular weight is 288 g/mol. The molecule has 0 fully saturated rings. The lowest BCUT2D eigenvalue weighted by molar-refractivity contribution is 0.217. The molecule has 1 atom stereocenters. The maximum Gasteiger partial charge on any atom is 0.264 e. The van der Waals surface area contributed by atoms with Gasteiger partial charge in [-0.05, 0) is 37.7 Å². The highest BCUT2D eigenvalue weighted by Gasteiger charge is 2.09. The number of unbranched alkanes of at least 4 members (excludes halogenated alkanes) is 1. The van der Waals surface area contributed by atoms with Crippen LogP contribution in [-0.4, -0.2) is 26.5 Å². The molecule has 1 rings (SSSR count). The van der Waals surface area contributed by atoms with Crippen LogP contribution in [0.4, 0.5) is 0 Å². The predicted molar refractivity (Wildman–Crippen MR) is 76.4 cm³/mol. The topological polar surface area (TPSA) is 43.4 Å². The molecule has 3 nitrogen and oxygen atoms in total. The van der Waals surface area contributed by atoms with E-state index in [-0.39, 0.29) is 6.10 Å². The van der Waals surface area contributed by atoms with Crippen molar-refractivity contribution in [1.29, 1.82) is 0 Å². The summed E-state index contributed by atoms with van der Waals surface area (Å²) < 4.78 is 26.6. The second-order valence-corrected chi connectivity index (χ2v) is 7.04. The van der Waals surface area contributed by atoms with Gasteiger partial charge >= 0.3 is 0 Å². The molecule has 0 bridgehead atoms. The Labute approximate surface area is 114 Å². The summed E-state index contributed by atoms with van der Waals surface area (Å²) in [6, 6.07) is 10.3. The first-order valence-electron chi connectivity index (χ1n) is 6.03. The van der Waals surface area contributed by atoms with Crippen LogP contribution in [0.15, 0.2) is 35.2 Å². The Morgan fingerprint density at radius 3 is 2.50 bits per heavy atom. The molecule has 0 aromatic heterocycles. The molecule has 102 valence electrons. The molecule has 5 heteroatoms. The van der Waals surface area contributed by atoms with Gasteiger partial charge in [-0.3, -0.25) is 4.18 Å². The normalized spacial score (nSPS) is 13.4. The van der Waals surface area contributed by atoms with E-state index in [1.54, 1.807) is 6.92 Å². The minimum Gasteiger partial charge on any atom is -0.267 e. The van der Waals surface area contributed by atoms with Crippen LogP contribution >= 0.6 is 11.8 Å². The van der Waals surface area contributed by atoms with Crippen molar-refractivity contribution in [3.63, 3.8) is 0 Å². The fraction of sp³-hybridized carbons (Fsp3) is 0.538. The molecule has 0 radical (unpaired) electrons. The van der Waals surface area contributed by atoms with Crippen LogP contribution in [0.5, 0.6) is 0 Å². The number of thioether (sulfide) groups is 1. The van der Waals surface area contributed by atoms with Crippen molar-refractivity contribution in [1.82, 2.24) is 0 Å². The van der Waals surface area contributed by atoms with Gasteiger partial charge in [0.05, 0.1) is 12.4 Å². The number of rotatable bonds is 8. The molecule has 0 N–H and O–H groups in total. The van der Waals surface area contributed by atoms with Crippen molar-refractivity contribution in [2.24, 2.45) is 0 Å². The van der Waals surface area contributed by atoms with Crippen LogP contribution in [-0.2, 0) is 14.3 Å². The lowest BCUT2D eigenvalue weighted by Gasteiger charge is -2.10. The maximum atomic E-state index is 10.9. The Morgan fingerprint density at radius 2 is 1.89 bits per heavy atom. The van der Waals surface area contributed by atoms with E-state index < -0.39 is 10.1 Å². The lowest BCUT2D eigenvalue weighted by Crippen LogP contribution is -2.13. The average Bonchev–Trinajstić information content (AvgIpc) is 2.27. The van der Waals surface area contributed by atoms with Crippen molar-refractivity contribution >= 4 is 21.9 Å². The van der Waals surface area contributed by atoms with Crippen LogP contribution < -0.4 is 0 Å². The van der Waals surface area contributed by atoms with Gasteiger partial charge in [0.25, 0.3) is 10.1 Å². The van der Waals surface area contributed by atoms with Crippen LogP contribution in [0, 0.1) is 0 Å². The summed E-state index contributed by atoms with van der Waals surface area (Å²) in [7, 11) is -3.31. The van der Waals surface area contributed by atoms with Crippen LogP contribution in [0.3, 0.4) is 0 Å². The summed E-state index contributed by atoms with van der Waals surface area (Å²) in [5, 5.41) is 0. The Kier molecular flexibility index (Phi) is 6.75. The molecule has 1 unspecified atom stereocenters. The van der Waals surface area contributed by atoms with Crippen molar-refractivity contribution < 1.29 is 12.6 Å². The molecule has 18 heavy (non-hydrogen) atoms. The van der Waals surface area contributed by atoms with Gasteiger partial charge in [-0.2, -0.15) is 8.42 Å². The maximum absolute atomic E-state index is 10.9. The number of hydrogen-bond donors (Lipinski definition) is 0. The zero-order chi connectivity index (χ0) is 13.4. The fourth-order valence-corrected chi connectivity index (χ4v) is 3.21. The van der Waals surface area contributed by atoms with Gasteiger partial charge in [0.2, 0.25) is 0 Å². The molecule has 0 saturated heterocycles. The Hall–Kier alpha value is -0.520. The number of benzene rings is 1. The van der Waals surface area contributed by atoms with Gasteiger partial charge in [0.15, 0.2) is 0 Å². The second-order valence-electron chi connectivity index (χ2n) is 4.27. The van der Waals surface area contributed by atoms with E-state index in [4.69, 9.17) is 4.18 Å². The van der Waals surface area contributed by atoms with Gasteiger partial charge in [-0.1, -0.05) is 24.6 Å². The van der Waals surface area contributed by atoms with Crippen LogP contribution in [0.2, 0.25) is 0 Å². The van der Waals surface area contributed by atoms with Crippen molar-refractivity contribution in [3.05, 3.63) is 30.3 Å². The summed E-state index contributed by atoms with van der Waals surface area (Å²) in [4.78, 5) is 1.28. The van der Waals surface area contributed by atoms with E-state index >= 15 is 0 Å². The quantitative estimate of drug-likeness (QED) is 0.418. The monoisotopic (exact) mass is 288 g/mol. The molecule has 0 heterocycles. The predicted octanol–water partition coefficient (Wildman–Crippen LogP) is 3.31. The molecule has 0 saturated carbocycles. The molecule has 1 aromatic carbocycles. The van der Waals surface area contributed by atoms with E-state index in [1.165, 1.54) is 4.90 Å². The first kappa shape index (κ1) is 15.5. The van der Waals surface area contributed by atoms with E-state index in [1.807, 2.05) is 30.0 Å². The standard InChI is InChI=1S/C13H20O3S2/c1-12(16-18(2,14)15)8-6-7-11-17-13-9-4-3-5-10-13/h3-5,9-10,12H,6-8,11H2,1-2H3. The molecular formula is C13H20O3S2. The molecule has 1 aromatic rings. The first-order valence-corrected chi connectivity index (χ1v) is 8.84. The van der Waals surface area contributed by atoms with Crippen molar-refractivity contribution in [2.45, 2.75) is 37.2 Å². The fourth-order valence-electron chi connectivity index (χ4n) is 1.59. The Bertz CT molecular complexity index is 429.